The first-order valence-electron chi connectivity index (χ1n) is 16.3. The molecular weight excluding hydrogens is 638 g/mol. The maximum absolute atomic E-state index is 12.8. The van der Waals surface area contributed by atoms with E-state index in [2.05, 4.69) is 0 Å². The largest absolute Gasteiger partial charge is 0.491 e. The van der Waals surface area contributed by atoms with Crippen molar-refractivity contribution in [3.63, 3.8) is 0 Å². The maximum atomic E-state index is 12.8. The van der Waals surface area contributed by atoms with Gasteiger partial charge in [-0.25, -0.2) is 0 Å². The van der Waals surface area contributed by atoms with E-state index in [4.69, 9.17) is 23.5 Å². The zero-order valence-corrected chi connectivity index (χ0v) is 28.0. The third-order valence-electron chi connectivity index (χ3n) is 8.78. The fourth-order valence-corrected chi connectivity index (χ4v) is 6.66. The first-order chi connectivity index (χ1) is 24.0. The quantitative estimate of drug-likeness (QED) is 0.0902. The smallest absolute Gasteiger partial charge is 0.466 e. The number of esters is 3. The van der Waals surface area contributed by atoms with Crippen LogP contribution in [-0.4, -0.2) is 54.4 Å². The summed E-state index contributed by atoms with van der Waals surface area (Å²) in [5, 5.41) is 25.6. The fourth-order valence-electron chi connectivity index (χ4n) is 6.66. The van der Waals surface area contributed by atoms with E-state index in [1.807, 2.05) is 48.5 Å². The summed E-state index contributed by atoms with van der Waals surface area (Å²) in [4.78, 5) is 37.4. The Labute approximate surface area is 290 Å². The van der Waals surface area contributed by atoms with Crippen molar-refractivity contribution in [1.82, 2.24) is 0 Å². The number of rotatable bonds is 11. The van der Waals surface area contributed by atoms with E-state index in [-0.39, 0.29) is 37.4 Å². The Bertz CT molecular complexity index is 2040. The number of hydrogen-bond acceptors (Lipinski definition) is 10. The molecule has 254 valence electrons. The van der Waals surface area contributed by atoms with Gasteiger partial charge in [-0.1, -0.05) is 84.9 Å². The molecule has 1 aliphatic carbocycles. The van der Waals surface area contributed by atoms with Gasteiger partial charge in [0.15, 0.2) is 0 Å². The lowest BCUT2D eigenvalue weighted by Crippen LogP contribution is -2.50. The average Bonchev–Trinajstić information content (AvgIpc) is 3.09. The molecule has 0 heterocycles. The van der Waals surface area contributed by atoms with E-state index >= 15 is 0 Å². The van der Waals surface area contributed by atoms with Crippen LogP contribution in [0.3, 0.4) is 0 Å². The van der Waals surface area contributed by atoms with Crippen LogP contribution in [0.1, 0.15) is 50.8 Å². The Kier molecular flexibility index (Phi) is 10.4. The molecule has 2 N–H and O–H groups in total. The molecular formula is C38H36B2O10. The molecule has 0 saturated heterocycles. The highest BCUT2D eigenvalue weighted by Crippen LogP contribution is 2.53. The van der Waals surface area contributed by atoms with E-state index < -0.39 is 43.8 Å². The van der Waals surface area contributed by atoms with Crippen LogP contribution in [0.15, 0.2) is 97.1 Å². The van der Waals surface area contributed by atoms with Gasteiger partial charge in [0, 0.05) is 61.9 Å². The van der Waals surface area contributed by atoms with E-state index in [1.54, 1.807) is 48.5 Å². The molecule has 50 heavy (non-hydrogen) atoms. The summed E-state index contributed by atoms with van der Waals surface area (Å²) in [6.45, 7) is 3.81. The fraction of sp³-hybridized carbons (Fsp3) is 0.237. The molecule has 0 bridgehead atoms. The first-order valence-corrected chi connectivity index (χ1v) is 16.3. The number of hydrogen-bond donors (Lipinski definition) is 2. The molecule has 10 nitrogen and oxygen atoms in total. The zero-order valence-electron chi connectivity index (χ0n) is 28.0. The van der Waals surface area contributed by atoms with Crippen molar-refractivity contribution in [2.75, 3.05) is 6.61 Å². The molecule has 0 fully saturated rings. The molecule has 6 rings (SSSR count). The monoisotopic (exact) mass is 674 g/mol. The minimum absolute atomic E-state index is 0.0158. The van der Waals surface area contributed by atoms with Crippen molar-refractivity contribution >= 4 is 64.6 Å². The van der Waals surface area contributed by atoms with Crippen molar-refractivity contribution in [1.29, 1.82) is 0 Å². The molecule has 5 aromatic carbocycles. The van der Waals surface area contributed by atoms with Crippen LogP contribution in [0.5, 0.6) is 11.5 Å². The van der Waals surface area contributed by atoms with Gasteiger partial charge in [-0.3, -0.25) is 14.4 Å². The second-order valence-corrected chi connectivity index (χ2v) is 12.4. The Morgan fingerprint density at radius 3 is 1.80 bits per heavy atom. The lowest BCUT2D eigenvalue weighted by atomic mass is 9.70. The number of ether oxygens (including phenoxy) is 3. The van der Waals surface area contributed by atoms with Gasteiger partial charge in [-0.05, 0) is 33.8 Å². The van der Waals surface area contributed by atoms with Crippen LogP contribution >= 0.6 is 0 Å². The molecule has 0 aromatic heterocycles. The van der Waals surface area contributed by atoms with Crippen LogP contribution in [0, 0.1) is 0 Å². The van der Waals surface area contributed by atoms with Crippen LogP contribution in [0.2, 0.25) is 0 Å². The Morgan fingerprint density at radius 2 is 1.24 bits per heavy atom. The second kappa shape index (κ2) is 14.9. The molecule has 1 aliphatic rings. The van der Waals surface area contributed by atoms with Gasteiger partial charge in [0.1, 0.15) is 11.5 Å². The highest BCUT2D eigenvalue weighted by Gasteiger charge is 2.47. The van der Waals surface area contributed by atoms with Crippen LogP contribution < -0.4 is 20.4 Å². The lowest BCUT2D eigenvalue weighted by Gasteiger charge is -2.44. The van der Waals surface area contributed by atoms with Crippen molar-refractivity contribution in [3.8, 4) is 11.5 Å². The third kappa shape index (κ3) is 7.59. The SMILES string of the molecule is CC(=O)OCC[C@]1(OB(O)c2ccccc2)Cc2c(c(OC(C)=O)c3cc4ccccc4cc3c2OC(C)=O)[C@@H](OB(O)c2ccccc2)C1. The topological polar surface area (TPSA) is 138 Å². The van der Waals surface area contributed by atoms with Crippen LogP contribution in [0.25, 0.3) is 21.5 Å². The van der Waals surface area contributed by atoms with Gasteiger partial charge in [0.05, 0.1) is 18.3 Å². The molecule has 0 unspecified atom stereocenters. The molecule has 0 spiro atoms. The molecule has 0 radical (unpaired) electrons. The Balaban J connectivity index is 1.62. The van der Waals surface area contributed by atoms with Gasteiger partial charge < -0.3 is 33.6 Å². The van der Waals surface area contributed by atoms with E-state index in [9.17, 15) is 24.4 Å². The molecule has 0 amide bonds. The van der Waals surface area contributed by atoms with Gasteiger partial charge >= 0.3 is 32.1 Å². The van der Waals surface area contributed by atoms with E-state index in [0.29, 0.717) is 32.8 Å². The first kappa shape index (κ1) is 34.8. The van der Waals surface area contributed by atoms with Gasteiger partial charge in [0.2, 0.25) is 0 Å². The summed E-state index contributed by atoms with van der Waals surface area (Å²) in [6, 6.07) is 28.9. The number of carbonyl (C=O) groups is 3. The summed E-state index contributed by atoms with van der Waals surface area (Å²) in [5.74, 6) is -1.30. The summed E-state index contributed by atoms with van der Waals surface area (Å²) in [6.07, 6.45) is -0.917. The minimum atomic E-state index is -1.44. The lowest BCUT2D eigenvalue weighted by molar-refractivity contribution is -0.142. The summed E-state index contributed by atoms with van der Waals surface area (Å²) in [5.41, 5.74) is 0.439. The number of carbonyl (C=O) groups excluding carboxylic acids is 3. The second-order valence-electron chi connectivity index (χ2n) is 12.4. The van der Waals surface area contributed by atoms with Gasteiger partial charge in [-0.15, -0.1) is 0 Å². The highest BCUT2D eigenvalue weighted by molar-refractivity contribution is 6.60. The van der Waals surface area contributed by atoms with Crippen molar-refractivity contribution in [2.24, 2.45) is 0 Å². The molecule has 0 aliphatic heterocycles. The standard InChI is InChI=1S/C38H36B2O10/c1-24(41)46-19-18-38(50-40(45)30-16-8-5-9-17-30)22-33-35(34(23-38)49-39(44)29-14-6-4-7-15-29)37(48-26(3)43)32-21-28-13-11-10-12-27(28)20-31(32)36(33)47-25(2)42/h4-17,20-21,34,44-45H,18-19,22-23H2,1-3H3/t34-,38-/m0/s1. The minimum Gasteiger partial charge on any atom is -0.466 e. The molecule has 0 saturated carbocycles. The van der Waals surface area contributed by atoms with Crippen LogP contribution in [-0.2, 0) is 34.9 Å². The average molecular weight is 674 g/mol. The Morgan fingerprint density at radius 1 is 0.720 bits per heavy atom. The molecule has 2 atom stereocenters. The zero-order chi connectivity index (χ0) is 35.4. The van der Waals surface area contributed by atoms with Crippen LogP contribution in [0.4, 0.5) is 0 Å². The van der Waals surface area contributed by atoms with Gasteiger partial charge in [0.25, 0.3) is 0 Å². The summed E-state index contributed by atoms with van der Waals surface area (Å²) >= 11 is 0. The molecule has 12 heteroatoms. The van der Waals surface area contributed by atoms with Crippen molar-refractivity contribution in [2.45, 2.75) is 51.7 Å². The normalized spacial score (nSPS) is 16.8. The summed E-state index contributed by atoms with van der Waals surface area (Å²) < 4.78 is 30.3. The van der Waals surface area contributed by atoms with Gasteiger partial charge in [-0.2, -0.15) is 0 Å². The Hall–Kier alpha value is -5.00. The predicted octanol–water partition coefficient (Wildman–Crippen LogP) is 4.33. The highest BCUT2D eigenvalue weighted by atomic mass is 16.6. The van der Waals surface area contributed by atoms with E-state index in [0.717, 1.165) is 10.8 Å². The molecule has 5 aromatic rings. The maximum Gasteiger partial charge on any atom is 0.491 e. The van der Waals surface area contributed by atoms with Crippen molar-refractivity contribution < 1.29 is 48.0 Å². The predicted molar refractivity (Wildman–Crippen MR) is 189 cm³/mol. The summed E-state index contributed by atoms with van der Waals surface area (Å²) in [7, 11) is -2.85. The van der Waals surface area contributed by atoms with E-state index in [1.165, 1.54) is 20.8 Å². The van der Waals surface area contributed by atoms with Crippen molar-refractivity contribution in [3.05, 3.63) is 108 Å². The number of benzene rings is 5. The third-order valence-corrected chi connectivity index (χ3v) is 8.78. The number of fused-ring (bicyclic) bond motifs is 3.